The third-order valence-electron chi connectivity index (χ3n) is 3.70. The van der Waals surface area contributed by atoms with E-state index in [2.05, 4.69) is 0 Å². The summed E-state index contributed by atoms with van der Waals surface area (Å²) in [6.07, 6.45) is 4.77. The maximum atomic E-state index is 10.7. The quantitative estimate of drug-likeness (QED) is 0.615. The van der Waals surface area contributed by atoms with Crippen LogP contribution in [0.25, 0.3) is 0 Å². The predicted octanol–water partition coefficient (Wildman–Crippen LogP) is 2.50. The van der Waals surface area contributed by atoms with E-state index in [9.17, 15) is 5.11 Å². The van der Waals surface area contributed by atoms with Crippen molar-refractivity contribution in [2.24, 2.45) is 0 Å². The average molecular weight is 220 g/mol. The third kappa shape index (κ3) is 1.39. The Morgan fingerprint density at radius 1 is 0.938 bits per heavy atom. The van der Waals surface area contributed by atoms with Crippen LogP contribution in [0.1, 0.15) is 37.7 Å². The molecule has 2 fully saturated rings. The van der Waals surface area contributed by atoms with Crippen molar-refractivity contribution in [2.45, 2.75) is 43.5 Å². The fourth-order valence-electron chi connectivity index (χ4n) is 2.69. The minimum absolute atomic E-state index is 0.752. The van der Waals surface area contributed by atoms with Crippen LogP contribution >= 0.6 is 0 Å². The smallest absolute Gasteiger partial charge is 0.287 e. The van der Waals surface area contributed by atoms with E-state index in [0.29, 0.717) is 0 Å². The molecule has 0 bridgehead atoms. The summed E-state index contributed by atoms with van der Waals surface area (Å²) in [6, 6.07) is 9.71. The molecule has 3 nitrogen and oxygen atoms in total. The van der Waals surface area contributed by atoms with Crippen molar-refractivity contribution >= 4 is 0 Å². The molecule has 2 aliphatic rings. The van der Waals surface area contributed by atoms with Crippen molar-refractivity contribution in [3.8, 4) is 0 Å². The topological polar surface area (TPSA) is 45.3 Å². The zero-order valence-corrected chi connectivity index (χ0v) is 9.19. The highest BCUT2D eigenvalue weighted by Gasteiger charge is 2.66. The summed E-state index contributed by atoms with van der Waals surface area (Å²) < 4.78 is 0. The van der Waals surface area contributed by atoms with Crippen LogP contribution < -0.4 is 0 Å². The first-order valence-electron chi connectivity index (χ1n) is 5.92. The maximum Gasteiger partial charge on any atom is 0.287 e. The van der Waals surface area contributed by atoms with E-state index >= 15 is 0 Å². The third-order valence-corrected chi connectivity index (χ3v) is 3.70. The highest BCUT2D eigenvalue weighted by Crippen LogP contribution is 2.54. The van der Waals surface area contributed by atoms with Gasteiger partial charge in [0, 0.05) is 5.56 Å². The molecule has 0 unspecified atom stereocenters. The molecular formula is C13H16O3. The fourth-order valence-corrected chi connectivity index (χ4v) is 2.69. The molecule has 3 heteroatoms. The maximum absolute atomic E-state index is 10.7. The molecule has 86 valence electrons. The zero-order valence-electron chi connectivity index (χ0n) is 9.19. The molecule has 3 rings (SSSR count). The largest absolute Gasteiger partial charge is 0.384 e. The normalized spacial score (nSPS) is 26.3. The molecule has 1 N–H and O–H groups in total. The van der Waals surface area contributed by atoms with Gasteiger partial charge in [0.25, 0.3) is 5.79 Å². The minimum Gasteiger partial charge on any atom is -0.384 e. The summed E-state index contributed by atoms with van der Waals surface area (Å²) in [5.74, 6) is -0.894. The van der Waals surface area contributed by atoms with Crippen LogP contribution in [0.2, 0.25) is 0 Å². The van der Waals surface area contributed by atoms with E-state index in [1.165, 1.54) is 6.42 Å². The van der Waals surface area contributed by atoms with Crippen molar-refractivity contribution in [1.29, 1.82) is 0 Å². The number of rotatable bonds is 2. The highest BCUT2D eigenvalue weighted by molar-refractivity contribution is 5.26. The van der Waals surface area contributed by atoms with E-state index in [1.807, 2.05) is 30.3 Å². The van der Waals surface area contributed by atoms with Crippen molar-refractivity contribution in [3.63, 3.8) is 0 Å². The Hall–Kier alpha value is -0.900. The SMILES string of the molecule is OC1(C2(c3ccccc3)OO2)CCCCC1. The summed E-state index contributed by atoms with van der Waals surface area (Å²) in [5.41, 5.74) is 0.0616. The first-order chi connectivity index (χ1) is 7.77. The zero-order chi connectivity index (χ0) is 11.1. The van der Waals surface area contributed by atoms with Crippen molar-refractivity contribution in [2.75, 3.05) is 0 Å². The van der Waals surface area contributed by atoms with Gasteiger partial charge >= 0.3 is 0 Å². The van der Waals surface area contributed by atoms with E-state index in [4.69, 9.17) is 9.78 Å². The van der Waals surface area contributed by atoms with Crippen LogP contribution in [-0.4, -0.2) is 10.7 Å². The van der Waals surface area contributed by atoms with Crippen molar-refractivity contribution in [3.05, 3.63) is 35.9 Å². The van der Waals surface area contributed by atoms with Crippen molar-refractivity contribution < 1.29 is 14.9 Å². The Bertz CT molecular complexity index is 364. The Labute approximate surface area is 94.9 Å². The second kappa shape index (κ2) is 3.55. The van der Waals surface area contributed by atoms with Gasteiger partial charge in [0.05, 0.1) is 0 Å². The lowest BCUT2D eigenvalue weighted by molar-refractivity contribution is -0.0751. The Morgan fingerprint density at radius 2 is 1.56 bits per heavy atom. The lowest BCUT2D eigenvalue weighted by Gasteiger charge is -2.34. The number of benzene rings is 1. The number of aliphatic hydroxyl groups is 1. The van der Waals surface area contributed by atoms with Gasteiger partial charge in [0.15, 0.2) is 0 Å². The molecule has 16 heavy (non-hydrogen) atoms. The van der Waals surface area contributed by atoms with Crippen LogP contribution in [0.5, 0.6) is 0 Å². The summed E-state index contributed by atoms with van der Waals surface area (Å²) in [7, 11) is 0. The summed E-state index contributed by atoms with van der Waals surface area (Å²) in [4.78, 5) is 10.3. The summed E-state index contributed by atoms with van der Waals surface area (Å²) in [5, 5.41) is 10.7. The molecule has 0 spiro atoms. The van der Waals surface area contributed by atoms with Gasteiger partial charge in [-0.2, -0.15) is 9.78 Å². The number of hydrogen-bond donors (Lipinski definition) is 1. The molecule has 1 saturated heterocycles. The second-order valence-corrected chi connectivity index (χ2v) is 4.74. The Balaban J connectivity index is 1.93. The summed E-state index contributed by atoms with van der Waals surface area (Å²) in [6.45, 7) is 0. The Morgan fingerprint density at radius 3 is 2.12 bits per heavy atom. The molecular weight excluding hydrogens is 204 g/mol. The molecule has 1 aliphatic heterocycles. The van der Waals surface area contributed by atoms with E-state index in [0.717, 1.165) is 31.2 Å². The molecule has 0 amide bonds. The molecule has 1 aromatic rings. The molecule has 0 aromatic heterocycles. The highest BCUT2D eigenvalue weighted by atomic mass is 17.4. The Kier molecular flexibility index (Phi) is 2.28. The standard InChI is InChI=1S/C13H16O3/c14-12(9-5-2-6-10-12)13(15-16-13)11-7-3-1-4-8-11/h1,3-4,7-8,14H,2,5-6,9-10H2. The monoisotopic (exact) mass is 220 g/mol. The van der Waals surface area contributed by atoms with Crippen LogP contribution in [0.15, 0.2) is 30.3 Å². The number of hydrogen-bond acceptors (Lipinski definition) is 3. The van der Waals surface area contributed by atoms with Crippen LogP contribution in [0.3, 0.4) is 0 Å². The summed E-state index contributed by atoms with van der Waals surface area (Å²) >= 11 is 0. The fraction of sp³-hybridized carbons (Fsp3) is 0.538. The first kappa shape index (κ1) is 10.3. The van der Waals surface area contributed by atoms with Crippen LogP contribution in [0, 0.1) is 0 Å². The molecule has 1 aromatic carbocycles. The van der Waals surface area contributed by atoms with Crippen LogP contribution in [-0.2, 0) is 15.6 Å². The van der Waals surface area contributed by atoms with Gasteiger partial charge < -0.3 is 5.11 Å². The van der Waals surface area contributed by atoms with Crippen molar-refractivity contribution in [1.82, 2.24) is 0 Å². The van der Waals surface area contributed by atoms with E-state index in [-0.39, 0.29) is 0 Å². The van der Waals surface area contributed by atoms with Gasteiger partial charge in [-0.05, 0) is 12.8 Å². The van der Waals surface area contributed by atoms with Gasteiger partial charge in [-0.15, -0.1) is 0 Å². The first-order valence-corrected chi connectivity index (χ1v) is 5.92. The van der Waals surface area contributed by atoms with Gasteiger partial charge in [0.1, 0.15) is 5.60 Å². The lowest BCUT2D eigenvalue weighted by atomic mass is 9.77. The molecule has 1 heterocycles. The molecule has 0 atom stereocenters. The second-order valence-electron chi connectivity index (χ2n) is 4.74. The molecule has 1 aliphatic carbocycles. The molecule has 0 radical (unpaired) electrons. The van der Waals surface area contributed by atoms with Gasteiger partial charge in [-0.25, -0.2) is 0 Å². The average Bonchev–Trinajstić information content (AvgIpc) is 3.13. The predicted molar refractivity (Wildman–Crippen MR) is 58.3 cm³/mol. The van der Waals surface area contributed by atoms with Gasteiger partial charge in [-0.1, -0.05) is 49.6 Å². The van der Waals surface area contributed by atoms with E-state index in [1.54, 1.807) is 0 Å². The van der Waals surface area contributed by atoms with E-state index < -0.39 is 11.4 Å². The van der Waals surface area contributed by atoms with Crippen LogP contribution in [0.4, 0.5) is 0 Å². The lowest BCUT2D eigenvalue weighted by Crippen LogP contribution is -2.44. The molecule has 1 saturated carbocycles. The minimum atomic E-state index is -0.894. The van der Waals surface area contributed by atoms with Gasteiger partial charge in [-0.3, -0.25) is 0 Å². The van der Waals surface area contributed by atoms with Gasteiger partial charge in [0.2, 0.25) is 0 Å².